The molecule has 0 fully saturated rings. The van der Waals surface area contributed by atoms with E-state index in [0.29, 0.717) is 11.7 Å². The lowest BCUT2D eigenvalue weighted by molar-refractivity contribution is 0.372. The Morgan fingerprint density at radius 1 is 1.54 bits per heavy atom. The molecule has 1 aromatic rings. The molecule has 0 aromatic carbocycles. The summed E-state index contributed by atoms with van der Waals surface area (Å²) in [5.41, 5.74) is 0. The van der Waals surface area contributed by atoms with Gasteiger partial charge in [-0.1, -0.05) is 5.16 Å². The van der Waals surface area contributed by atoms with Gasteiger partial charge in [-0.25, -0.2) is 0 Å². The Balaban J connectivity index is 2.45. The molecule has 0 aliphatic rings. The molecule has 0 aliphatic carbocycles. The van der Waals surface area contributed by atoms with E-state index >= 15 is 0 Å². The molecule has 0 saturated heterocycles. The highest BCUT2D eigenvalue weighted by atomic mass is 16.5. The maximum absolute atomic E-state index is 8.36. The van der Waals surface area contributed by atoms with Gasteiger partial charge < -0.3 is 9.42 Å². The second kappa shape index (κ2) is 4.58. The number of nitrogens with zero attached hydrogens (tertiary/aromatic N) is 4. The van der Waals surface area contributed by atoms with E-state index in [9.17, 15) is 0 Å². The first-order valence-corrected chi connectivity index (χ1v) is 4.05. The first-order valence-electron chi connectivity index (χ1n) is 4.05. The molecule has 5 heteroatoms. The maximum atomic E-state index is 8.36. The minimum absolute atomic E-state index is 0.189. The smallest absolute Gasteiger partial charge is 0.240 e. The van der Waals surface area contributed by atoms with Gasteiger partial charge in [0.2, 0.25) is 5.89 Å². The van der Waals surface area contributed by atoms with Gasteiger partial charge in [0, 0.05) is 13.0 Å². The van der Waals surface area contributed by atoms with E-state index in [4.69, 9.17) is 9.78 Å². The molecule has 0 atom stereocenters. The quantitative estimate of drug-likeness (QED) is 0.664. The molecule has 0 aliphatic heterocycles. The molecule has 1 rings (SSSR count). The van der Waals surface area contributed by atoms with Crippen LogP contribution in [-0.4, -0.2) is 35.7 Å². The Morgan fingerprint density at radius 2 is 2.31 bits per heavy atom. The molecule has 0 spiro atoms. The summed E-state index contributed by atoms with van der Waals surface area (Å²) in [4.78, 5) is 6.09. The molecule has 0 unspecified atom stereocenters. The maximum Gasteiger partial charge on any atom is 0.240 e. The summed E-state index contributed by atoms with van der Waals surface area (Å²) in [5.74, 6) is 1.07. The van der Waals surface area contributed by atoms with Crippen molar-refractivity contribution in [1.82, 2.24) is 15.0 Å². The van der Waals surface area contributed by atoms with Crippen molar-refractivity contribution in [2.45, 2.75) is 12.8 Å². The highest BCUT2D eigenvalue weighted by Crippen LogP contribution is 1.98. The summed E-state index contributed by atoms with van der Waals surface area (Å²) in [6.45, 7) is 0.880. The lowest BCUT2D eigenvalue weighted by atomic mass is 10.4. The van der Waals surface area contributed by atoms with E-state index in [1.165, 1.54) is 0 Å². The first-order chi connectivity index (χ1) is 6.22. The molecule has 1 heterocycles. The lowest BCUT2D eigenvalue weighted by Gasteiger charge is -2.05. The van der Waals surface area contributed by atoms with E-state index < -0.39 is 0 Å². The van der Waals surface area contributed by atoms with Gasteiger partial charge in [-0.3, -0.25) is 0 Å². The summed E-state index contributed by atoms with van der Waals surface area (Å²) in [6, 6.07) is 1.96. The molecular weight excluding hydrogens is 168 g/mol. The number of likely N-dealkylation sites (N-methyl/N-ethyl adjacent to an activating group) is 1. The van der Waals surface area contributed by atoms with Crippen molar-refractivity contribution in [1.29, 1.82) is 5.26 Å². The average Bonchev–Trinajstić information content (AvgIpc) is 2.50. The normalized spacial score (nSPS) is 10.3. The molecule has 0 saturated carbocycles. The third-order valence-corrected chi connectivity index (χ3v) is 1.52. The van der Waals surface area contributed by atoms with Crippen LogP contribution in [-0.2, 0) is 12.8 Å². The summed E-state index contributed by atoms with van der Waals surface area (Å²) < 4.78 is 4.84. The van der Waals surface area contributed by atoms with E-state index in [-0.39, 0.29) is 6.42 Å². The van der Waals surface area contributed by atoms with Crippen LogP contribution in [0, 0.1) is 11.3 Å². The van der Waals surface area contributed by atoms with Gasteiger partial charge in [0.1, 0.15) is 6.42 Å². The largest absolute Gasteiger partial charge is 0.338 e. The standard InChI is InChI=1S/C8H12N4O/c1-12(2)6-4-7-10-8(3-5-9)13-11-7/h3-4,6H2,1-2H3. The Kier molecular flexibility index (Phi) is 3.41. The molecule has 5 nitrogen and oxygen atoms in total. The molecule has 0 bridgehead atoms. The van der Waals surface area contributed by atoms with Gasteiger partial charge >= 0.3 is 0 Å². The summed E-state index contributed by atoms with van der Waals surface area (Å²) >= 11 is 0. The SMILES string of the molecule is CN(C)CCc1noc(CC#N)n1. The number of aromatic nitrogens is 2. The van der Waals surface area contributed by atoms with Gasteiger partial charge in [0.15, 0.2) is 5.82 Å². The fourth-order valence-electron chi connectivity index (χ4n) is 0.855. The van der Waals surface area contributed by atoms with Gasteiger partial charge in [0.25, 0.3) is 0 Å². The molecule has 0 amide bonds. The van der Waals surface area contributed by atoms with Gasteiger partial charge in [-0.15, -0.1) is 0 Å². The summed E-state index contributed by atoms with van der Waals surface area (Å²) in [5, 5.41) is 12.1. The van der Waals surface area contributed by atoms with Crippen LogP contribution in [0.25, 0.3) is 0 Å². The van der Waals surface area contributed by atoms with Crippen molar-refractivity contribution >= 4 is 0 Å². The van der Waals surface area contributed by atoms with Crippen molar-refractivity contribution in [2.24, 2.45) is 0 Å². The number of rotatable bonds is 4. The monoisotopic (exact) mass is 180 g/mol. The fourth-order valence-corrected chi connectivity index (χ4v) is 0.855. The molecule has 13 heavy (non-hydrogen) atoms. The zero-order chi connectivity index (χ0) is 9.68. The van der Waals surface area contributed by atoms with E-state index in [2.05, 4.69) is 10.1 Å². The number of hydrogen-bond donors (Lipinski definition) is 0. The average molecular weight is 180 g/mol. The predicted molar refractivity (Wildman–Crippen MR) is 45.9 cm³/mol. The third-order valence-electron chi connectivity index (χ3n) is 1.52. The van der Waals surface area contributed by atoms with E-state index in [1.807, 2.05) is 25.1 Å². The number of hydrogen-bond acceptors (Lipinski definition) is 5. The Morgan fingerprint density at radius 3 is 2.92 bits per heavy atom. The van der Waals surface area contributed by atoms with Crippen LogP contribution in [0.1, 0.15) is 11.7 Å². The highest BCUT2D eigenvalue weighted by Gasteiger charge is 2.05. The minimum Gasteiger partial charge on any atom is -0.338 e. The lowest BCUT2D eigenvalue weighted by Crippen LogP contribution is -2.15. The third kappa shape index (κ3) is 3.22. The van der Waals surface area contributed by atoms with Crippen molar-refractivity contribution < 1.29 is 4.52 Å². The minimum atomic E-state index is 0.189. The second-order valence-corrected chi connectivity index (χ2v) is 2.99. The molecule has 70 valence electrons. The molecule has 0 N–H and O–H groups in total. The van der Waals surface area contributed by atoms with Crippen molar-refractivity contribution in [3.05, 3.63) is 11.7 Å². The predicted octanol–water partition coefficient (Wildman–Crippen LogP) is 0.240. The zero-order valence-corrected chi connectivity index (χ0v) is 7.82. The highest BCUT2D eigenvalue weighted by molar-refractivity contribution is 4.93. The summed E-state index contributed by atoms with van der Waals surface area (Å²) in [7, 11) is 3.96. The molecule has 1 aromatic heterocycles. The van der Waals surface area contributed by atoms with Gasteiger partial charge in [0.05, 0.1) is 6.07 Å². The van der Waals surface area contributed by atoms with Crippen LogP contribution in [0.3, 0.4) is 0 Å². The Labute approximate surface area is 77.0 Å². The van der Waals surface area contributed by atoms with Crippen LogP contribution in [0.5, 0.6) is 0 Å². The zero-order valence-electron chi connectivity index (χ0n) is 7.82. The van der Waals surface area contributed by atoms with Crippen molar-refractivity contribution in [3.8, 4) is 6.07 Å². The van der Waals surface area contributed by atoms with Crippen LogP contribution in [0.4, 0.5) is 0 Å². The van der Waals surface area contributed by atoms with Gasteiger partial charge in [-0.05, 0) is 14.1 Å². The second-order valence-electron chi connectivity index (χ2n) is 2.99. The van der Waals surface area contributed by atoms with Crippen molar-refractivity contribution in [2.75, 3.05) is 20.6 Å². The van der Waals surface area contributed by atoms with Gasteiger partial charge in [-0.2, -0.15) is 10.2 Å². The van der Waals surface area contributed by atoms with E-state index in [0.717, 1.165) is 13.0 Å². The first kappa shape index (κ1) is 9.68. The number of nitriles is 1. The summed E-state index contributed by atoms with van der Waals surface area (Å²) in [6.07, 6.45) is 0.941. The topological polar surface area (TPSA) is 66.0 Å². The van der Waals surface area contributed by atoms with E-state index in [1.54, 1.807) is 0 Å². The van der Waals surface area contributed by atoms with Crippen molar-refractivity contribution in [3.63, 3.8) is 0 Å². The van der Waals surface area contributed by atoms with Crippen LogP contribution in [0.15, 0.2) is 4.52 Å². The van der Waals surface area contributed by atoms with Crippen LogP contribution < -0.4 is 0 Å². The Hall–Kier alpha value is -1.41. The van der Waals surface area contributed by atoms with Crippen LogP contribution >= 0.6 is 0 Å². The van der Waals surface area contributed by atoms with Crippen LogP contribution in [0.2, 0.25) is 0 Å². The molecular formula is C8H12N4O. The fraction of sp³-hybridized carbons (Fsp3) is 0.625. The Bertz CT molecular complexity index is 299. The molecule has 0 radical (unpaired) electrons.